The number of methoxy groups -OCH3 is 1. The van der Waals surface area contributed by atoms with Crippen LogP contribution in [0, 0.1) is 0 Å². The summed E-state index contributed by atoms with van der Waals surface area (Å²) in [5.41, 5.74) is 5.12. The van der Waals surface area contributed by atoms with E-state index in [2.05, 4.69) is 21.2 Å². The Morgan fingerprint density at radius 2 is 1.76 bits per heavy atom. The molecule has 0 aromatic heterocycles. The fourth-order valence-electron chi connectivity index (χ4n) is 4.36. The number of urea groups is 1. The van der Waals surface area contributed by atoms with Gasteiger partial charge in [0.25, 0.3) is 0 Å². The van der Waals surface area contributed by atoms with Crippen LogP contribution in [0.2, 0.25) is 15.1 Å². The van der Waals surface area contributed by atoms with Crippen LogP contribution in [0.5, 0.6) is 17.2 Å². The van der Waals surface area contributed by atoms with Crippen molar-refractivity contribution in [2.75, 3.05) is 20.3 Å². The van der Waals surface area contributed by atoms with Gasteiger partial charge in [-0.3, -0.25) is 5.43 Å². The molecule has 0 saturated carbocycles. The van der Waals surface area contributed by atoms with E-state index in [9.17, 15) is 14.7 Å². The monoisotopic (exact) mass is 676 g/mol. The van der Waals surface area contributed by atoms with E-state index in [1.165, 1.54) is 13.3 Å². The number of esters is 1. The molecule has 0 unspecified atom stereocenters. The molecule has 1 aliphatic heterocycles. The van der Waals surface area contributed by atoms with Crippen molar-refractivity contribution in [2.24, 2.45) is 5.10 Å². The maximum atomic E-state index is 12.5. The van der Waals surface area contributed by atoms with Crippen molar-refractivity contribution < 1.29 is 33.6 Å². The molecule has 4 rings (SSSR count). The summed E-state index contributed by atoms with van der Waals surface area (Å²) in [7, 11) is 1.27. The molecular formula is C31H31Cl3N4O7. The quantitative estimate of drug-likeness (QED) is 0.0777. The number of nitrogens with zero attached hydrogens (tertiary/aromatic N) is 1. The van der Waals surface area contributed by atoms with Gasteiger partial charge in [0.15, 0.2) is 17.7 Å². The summed E-state index contributed by atoms with van der Waals surface area (Å²) in [4.78, 5) is 24.6. The molecule has 14 heteroatoms. The lowest BCUT2D eigenvalue weighted by Crippen LogP contribution is -2.45. The number of aliphatic hydroxyl groups excluding tert-OH is 1. The highest BCUT2D eigenvalue weighted by atomic mass is 35.5. The van der Waals surface area contributed by atoms with Crippen LogP contribution in [-0.2, 0) is 16.1 Å². The second-order valence-corrected chi connectivity index (χ2v) is 10.9. The minimum Gasteiger partial charge on any atom is -0.490 e. The molecule has 0 fully saturated rings. The number of rotatable bonds is 13. The lowest BCUT2D eigenvalue weighted by molar-refractivity contribution is -0.136. The maximum absolute atomic E-state index is 12.5. The SMILES string of the molecule is CCOc1cc([C@H]2NC(=O)NC(C)=C2C(=O)OC)ccc1OC[C@@H](O)N/N=C/c1cc(Cl)ccc1OCc1ccc(Cl)cc1Cl. The number of carbonyl (C=O) groups excluding carboxylic acids is 2. The number of hydrazone groups is 1. The van der Waals surface area contributed by atoms with Gasteiger partial charge in [0, 0.05) is 31.9 Å². The summed E-state index contributed by atoms with van der Waals surface area (Å²) in [6.45, 7) is 3.73. The van der Waals surface area contributed by atoms with E-state index < -0.39 is 24.3 Å². The number of halogens is 3. The molecule has 2 atom stereocenters. The van der Waals surface area contributed by atoms with Gasteiger partial charge in [-0.1, -0.05) is 46.9 Å². The van der Waals surface area contributed by atoms with Crippen LogP contribution in [0.1, 0.15) is 36.6 Å². The molecule has 3 aromatic rings. The van der Waals surface area contributed by atoms with Crippen molar-refractivity contribution in [2.45, 2.75) is 32.7 Å². The minimum atomic E-state index is -1.20. The molecule has 3 aromatic carbocycles. The third-order valence-corrected chi connectivity index (χ3v) is 7.29. The van der Waals surface area contributed by atoms with Gasteiger partial charge >= 0.3 is 12.0 Å². The predicted molar refractivity (Wildman–Crippen MR) is 171 cm³/mol. The van der Waals surface area contributed by atoms with Crippen LogP contribution in [0.4, 0.5) is 4.79 Å². The first-order chi connectivity index (χ1) is 21.6. The zero-order valence-electron chi connectivity index (χ0n) is 24.5. The molecule has 2 amide bonds. The number of hydrogen-bond donors (Lipinski definition) is 4. The van der Waals surface area contributed by atoms with E-state index in [-0.39, 0.29) is 18.8 Å². The van der Waals surface area contributed by atoms with Gasteiger partial charge in [0.2, 0.25) is 0 Å². The Bertz CT molecular complexity index is 1620. The molecule has 0 bridgehead atoms. The largest absolute Gasteiger partial charge is 0.490 e. The predicted octanol–water partition coefficient (Wildman–Crippen LogP) is 5.75. The normalized spacial score (nSPS) is 15.3. The number of ether oxygens (including phenoxy) is 4. The number of nitrogens with one attached hydrogen (secondary N) is 3. The van der Waals surface area contributed by atoms with Gasteiger partial charge in [-0.2, -0.15) is 5.10 Å². The maximum Gasteiger partial charge on any atom is 0.337 e. The molecule has 0 radical (unpaired) electrons. The summed E-state index contributed by atoms with van der Waals surface area (Å²) >= 11 is 18.4. The fraction of sp³-hybridized carbons (Fsp3) is 0.258. The average Bonchev–Trinajstić information content (AvgIpc) is 3.00. The minimum absolute atomic E-state index is 0.188. The molecule has 1 aliphatic rings. The highest BCUT2D eigenvalue weighted by Gasteiger charge is 2.32. The van der Waals surface area contributed by atoms with Crippen LogP contribution in [0.25, 0.3) is 0 Å². The average molecular weight is 678 g/mol. The second kappa shape index (κ2) is 15.7. The van der Waals surface area contributed by atoms with Crippen molar-refractivity contribution in [3.8, 4) is 17.2 Å². The van der Waals surface area contributed by atoms with Gasteiger partial charge in [-0.25, -0.2) is 9.59 Å². The molecular weight excluding hydrogens is 647 g/mol. The Hall–Kier alpha value is -4.16. The lowest BCUT2D eigenvalue weighted by atomic mass is 9.95. The molecule has 1 heterocycles. The number of benzene rings is 3. The van der Waals surface area contributed by atoms with E-state index in [0.29, 0.717) is 55.7 Å². The van der Waals surface area contributed by atoms with Crippen LogP contribution < -0.4 is 30.3 Å². The molecule has 0 saturated heterocycles. The number of allylic oxidation sites excluding steroid dienone is 1. The highest BCUT2D eigenvalue weighted by molar-refractivity contribution is 6.35. The van der Waals surface area contributed by atoms with Crippen molar-refractivity contribution in [1.29, 1.82) is 0 Å². The number of amides is 2. The van der Waals surface area contributed by atoms with Gasteiger partial charge in [-0.05, 0) is 61.9 Å². The van der Waals surface area contributed by atoms with Gasteiger partial charge in [-0.15, -0.1) is 0 Å². The van der Waals surface area contributed by atoms with Crippen LogP contribution >= 0.6 is 34.8 Å². The summed E-state index contributed by atoms with van der Waals surface area (Å²) < 4.78 is 22.4. The molecule has 4 N–H and O–H groups in total. The first-order valence-electron chi connectivity index (χ1n) is 13.7. The first kappa shape index (κ1) is 33.7. The Morgan fingerprint density at radius 1 is 1.02 bits per heavy atom. The Labute approximate surface area is 275 Å². The van der Waals surface area contributed by atoms with Gasteiger partial charge < -0.3 is 34.7 Å². The Morgan fingerprint density at radius 3 is 2.49 bits per heavy atom. The molecule has 45 heavy (non-hydrogen) atoms. The van der Waals surface area contributed by atoms with Crippen molar-refractivity contribution in [3.63, 3.8) is 0 Å². The van der Waals surface area contributed by atoms with Crippen LogP contribution in [-0.4, -0.2) is 49.9 Å². The first-order valence-corrected chi connectivity index (χ1v) is 14.8. The van der Waals surface area contributed by atoms with Crippen molar-refractivity contribution in [1.82, 2.24) is 16.1 Å². The number of carbonyl (C=O) groups is 2. The molecule has 0 aliphatic carbocycles. The van der Waals surface area contributed by atoms with Gasteiger partial charge in [0.1, 0.15) is 19.0 Å². The zero-order valence-corrected chi connectivity index (χ0v) is 26.8. The zero-order chi connectivity index (χ0) is 32.5. The fourth-order valence-corrected chi connectivity index (χ4v) is 5.00. The molecule has 11 nitrogen and oxygen atoms in total. The van der Waals surface area contributed by atoms with E-state index in [0.717, 1.165) is 5.56 Å². The van der Waals surface area contributed by atoms with Gasteiger partial charge in [0.05, 0.1) is 31.5 Å². The summed E-state index contributed by atoms with van der Waals surface area (Å²) in [5, 5.41) is 21.4. The van der Waals surface area contributed by atoms with Crippen LogP contribution in [0.3, 0.4) is 0 Å². The second-order valence-electron chi connectivity index (χ2n) is 9.62. The van der Waals surface area contributed by atoms with Crippen LogP contribution in [0.15, 0.2) is 71.0 Å². The van der Waals surface area contributed by atoms with E-state index in [4.69, 9.17) is 53.8 Å². The van der Waals surface area contributed by atoms with E-state index in [1.807, 2.05) is 0 Å². The number of hydrogen-bond acceptors (Lipinski definition) is 9. The topological polar surface area (TPSA) is 140 Å². The smallest absolute Gasteiger partial charge is 0.337 e. The van der Waals surface area contributed by atoms with E-state index >= 15 is 0 Å². The summed E-state index contributed by atoms with van der Waals surface area (Å²) in [5.74, 6) is 0.591. The summed E-state index contributed by atoms with van der Waals surface area (Å²) in [6, 6.07) is 13.9. The Kier molecular flexibility index (Phi) is 11.8. The third-order valence-electron chi connectivity index (χ3n) is 6.47. The number of aliphatic hydroxyl groups is 1. The molecule has 238 valence electrons. The lowest BCUT2D eigenvalue weighted by Gasteiger charge is -2.28. The Balaban J connectivity index is 1.41. The van der Waals surface area contributed by atoms with Crippen molar-refractivity contribution in [3.05, 3.63) is 97.6 Å². The molecule has 0 spiro atoms. The van der Waals surface area contributed by atoms with Crippen molar-refractivity contribution >= 4 is 53.0 Å². The standard InChI is InChI=1S/C31H31Cl3N4O7/c1-4-43-26-12-18(29-28(30(40)42-3)17(2)36-31(41)37-29)6-9-25(26)45-16-27(39)38-35-14-20-11-21(32)8-10-24(20)44-15-19-5-7-22(33)13-23(19)34/h5-14,27,29,38-39H,4,15-16H2,1-3H3,(H2,36,37,41)/b35-14+/t27-,29-/m1/s1. The third kappa shape index (κ3) is 8.95. The summed E-state index contributed by atoms with van der Waals surface area (Å²) in [6.07, 6.45) is 0.253. The highest BCUT2D eigenvalue weighted by Crippen LogP contribution is 2.35. The van der Waals surface area contributed by atoms with E-state index in [1.54, 1.807) is 68.4 Å².